The lowest BCUT2D eigenvalue weighted by molar-refractivity contribution is -0.114. The minimum absolute atomic E-state index is 0.00123. The van der Waals surface area contributed by atoms with Gasteiger partial charge in [-0.05, 0) is 67.7 Å². The van der Waals surface area contributed by atoms with E-state index in [0.29, 0.717) is 17.0 Å². The number of benzene rings is 3. The third-order valence-corrected chi connectivity index (χ3v) is 7.43. The summed E-state index contributed by atoms with van der Waals surface area (Å²) in [4.78, 5) is 31.9. The van der Waals surface area contributed by atoms with Crippen LogP contribution in [0.3, 0.4) is 0 Å². The maximum Gasteiger partial charge on any atom is 0.265 e. The fraction of sp³-hybridized carbons (Fsp3) is 0.241. The van der Waals surface area contributed by atoms with Crippen molar-refractivity contribution in [2.75, 3.05) is 18.0 Å². The average molecular weight is 469 g/mol. The standard InChI is InChI=1S/C29H28N2O2S/c1-21-8-7-9-23(18-21)20-31-25-10-3-4-11-26(25)34-27(29(31)33)19-22-12-14-24(15-13-22)28(32)30-16-5-2-6-17-30/h3-4,7-15,18-19H,2,5-6,16-17,20H2,1H3/b27-19+. The van der Waals surface area contributed by atoms with Crippen LogP contribution in [0, 0.1) is 6.92 Å². The van der Waals surface area contributed by atoms with Crippen molar-refractivity contribution in [2.45, 2.75) is 37.6 Å². The van der Waals surface area contributed by atoms with Crippen LogP contribution < -0.4 is 4.90 Å². The maximum absolute atomic E-state index is 13.5. The van der Waals surface area contributed by atoms with E-state index in [1.165, 1.54) is 23.7 Å². The number of thioether (sulfide) groups is 1. The molecule has 0 spiro atoms. The van der Waals surface area contributed by atoms with Gasteiger partial charge in [0.1, 0.15) is 0 Å². The molecule has 1 saturated heterocycles. The molecule has 0 radical (unpaired) electrons. The van der Waals surface area contributed by atoms with Gasteiger partial charge in [-0.2, -0.15) is 0 Å². The number of carbonyl (C=O) groups is 2. The summed E-state index contributed by atoms with van der Waals surface area (Å²) in [5.41, 5.74) is 4.85. The highest BCUT2D eigenvalue weighted by molar-refractivity contribution is 8.04. The highest BCUT2D eigenvalue weighted by atomic mass is 32.2. The van der Waals surface area contributed by atoms with Crippen LogP contribution in [-0.4, -0.2) is 29.8 Å². The zero-order valence-corrected chi connectivity index (χ0v) is 20.2. The maximum atomic E-state index is 13.5. The Hall–Kier alpha value is -3.31. The Morgan fingerprint density at radius 1 is 0.941 bits per heavy atom. The third kappa shape index (κ3) is 4.80. The first kappa shape index (κ1) is 22.5. The highest BCUT2D eigenvalue weighted by Crippen LogP contribution is 2.42. The van der Waals surface area contributed by atoms with Gasteiger partial charge >= 0.3 is 0 Å². The number of anilines is 1. The summed E-state index contributed by atoms with van der Waals surface area (Å²) < 4.78 is 0. The first-order valence-corrected chi connectivity index (χ1v) is 12.7. The van der Waals surface area contributed by atoms with Gasteiger partial charge in [0.15, 0.2) is 0 Å². The van der Waals surface area contributed by atoms with Gasteiger partial charge in [-0.25, -0.2) is 0 Å². The number of rotatable bonds is 4. The predicted molar refractivity (Wildman–Crippen MR) is 139 cm³/mol. The summed E-state index contributed by atoms with van der Waals surface area (Å²) in [6.07, 6.45) is 5.29. The summed E-state index contributed by atoms with van der Waals surface area (Å²) in [6, 6.07) is 23.9. The lowest BCUT2D eigenvalue weighted by atomic mass is 10.1. The van der Waals surface area contributed by atoms with Gasteiger partial charge in [0.05, 0.1) is 17.1 Å². The summed E-state index contributed by atoms with van der Waals surface area (Å²) in [5, 5.41) is 0. The lowest BCUT2D eigenvalue weighted by Gasteiger charge is -2.30. The average Bonchev–Trinajstić information content (AvgIpc) is 2.87. The zero-order valence-electron chi connectivity index (χ0n) is 19.4. The van der Waals surface area contributed by atoms with E-state index in [2.05, 4.69) is 31.2 Å². The molecule has 5 heteroatoms. The van der Waals surface area contributed by atoms with Gasteiger partial charge in [0.25, 0.3) is 11.8 Å². The summed E-state index contributed by atoms with van der Waals surface area (Å²) in [5.74, 6) is 0.0963. The van der Waals surface area contributed by atoms with Crippen molar-refractivity contribution in [1.29, 1.82) is 0 Å². The molecule has 0 N–H and O–H groups in total. The van der Waals surface area contributed by atoms with E-state index in [1.54, 1.807) is 0 Å². The number of likely N-dealkylation sites (tertiary alicyclic amines) is 1. The van der Waals surface area contributed by atoms with E-state index in [-0.39, 0.29) is 11.8 Å². The van der Waals surface area contributed by atoms with E-state index in [9.17, 15) is 9.59 Å². The van der Waals surface area contributed by atoms with Gasteiger partial charge in [0, 0.05) is 23.5 Å². The number of hydrogen-bond acceptors (Lipinski definition) is 3. The third-order valence-electron chi connectivity index (χ3n) is 6.35. The summed E-state index contributed by atoms with van der Waals surface area (Å²) >= 11 is 1.51. The van der Waals surface area contributed by atoms with Gasteiger partial charge in [-0.15, -0.1) is 0 Å². The van der Waals surface area contributed by atoms with Crippen LogP contribution in [0.15, 0.2) is 82.6 Å². The minimum Gasteiger partial charge on any atom is -0.339 e. The number of para-hydroxylation sites is 1. The number of fused-ring (bicyclic) bond motifs is 1. The highest BCUT2D eigenvalue weighted by Gasteiger charge is 2.29. The molecule has 2 aliphatic rings. The zero-order chi connectivity index (χ0) is 23.5. The van der Waals surface area contributed by atoms with Crippen LogP contribution in [0.1, 0.15) is 46.3 Å². The molecular formula is C29H28N2O2S. The van der Waals surface area contributed by atoms with Crippen molar-refractivity contribution in [3.63, 3.8) is 0 Å². The van der Waals surface area contributed by atoms with E-state index in [1.807, 2.05) is 64.4 Å². The normalized spacial score (nSPS) is 17.1. The molecule has 0 saturated carbocycles. The number of aryl methyl sites for hydroxylation is 1. The second kappa shape index (κ2) is 9.90. The Labute approximate surface area is 205 Å². The minimum atomic E-state index is -0.00123. The second-order valence-corrected chi connectivity index (χ2v) is 10.0. The molecule has 0 unspecified atom stereocenters. The van der Waals surface area contributed by atoms with E-state index in [4.69, 9.17) is 0 Å². The molecule has 0 aliphatic carbocycles. The van der Waals surface area contributed by atoms with Gasteiger partial charge < -0.3 is 9.80 Å². The summed E-state index contributed by atoms with van der Waals surface area (Å²) in [7, 11) is 0. The fourth-order valence-electron chi connectivity index (χ4n) is 4.57. The van der Waals surface area contributed by atoms with Crippen molar-refractivity contribution in [1.82, 2.24) is 4.90 Å². The SMILES string of the molecule is Cc1cccc(CN2C(=O)/C(=C\c3ccc(C(=O)N4CCCCC4)cc3)Sc3ccccc32)c1. The molecule has 4 nitrogen and oxygen atoms in total. The molecule has 5 rings (SSSR count). The molecular weight excluding hydrogens is 440 g/mol. The molecule has 0 aromatic heterocycles. The largest absolute Gasteiger partial charge is 0.339 e. The number of amides is 2. The Kier molecular flexibility index (Phi) is 6.54. The molecule has 2 heterocycles. The summed E-state index contributed by atoms with van der Waals surface area (Å²) in [6.45, 7) is 4.27. The van der Waals surface area contributed by atoms with Crippen LogP contribution >= 0.6 is 11.8 Å². The molecule has 2 amide bonds. The van der Waals surface area contributed by atoms with Crippen molar-refractivity contribution in [2.24, 2.45) is 0 Å². The Morgan fingerprint density at radius 3 is 2.47 bits per heavy atom. The Morgan fingerprint density at radius 2 is 1.71 bits per heavy atom. The van der Waals surface area contributed by atoms with Gasteiger partial charge in [0.2, 0.25) is 0 Å². The van der Waals surface area contributed by atoms with Crippen LogP contribution in [-0.2, 0) is 11.3 Å². The van der Waals surface area contributed by atoms with E-state index < -0.39 is 0 Å². The molecule has 0 bridgehead atoms. The van der Waals surface area contributed by atoms with Crippen molar-refractivity contribution in [3.05, 3.63) is 100.0 Å². The van der Waals surface area contributed by atoms with E-state index >= 15 is 0 Å². The number of hydrogen-bond donors (Lipinski definition) is 0. The fourth-order valence-corrected chi connectivity index (χ4v) is 5.62. The molecule has 172 valence electrons. The van der Waals surface area contributed by atoms with Crippen LogP contribution in [0.2, 0.25) is 0 Å². The monoisotopic (exact) mass is 468 g/mol. The van der Waals surface area contributed by atoms with Crippen molar-refractivity contribution in [3.8, 4) is 0 Å². The molecule has 1 fully saturated rings. The molecule has 2 aliphatic heterocycles. The number of carbonyl (C=O) groups excluding carboxylic acids is 2. The van der Waals surface area contributed by atoms with Gasteiger partial charge in [-0.3, -0.25) is 9.59 Å². The van der Waals surface area contributed by atoms with Gasteiger partial charge in [-0.1, -0.05) is 65.9 Å². The lowest BCUT2D eigenvalue weighted by Crippen LogP contribution is -2.35. The predicted octanol–water partition coefficient (Wildman–Crippen LogP) is 6.30. The van der Waals surface area contributed by atoms with Crippen molar-refractivity contribution >= 4 is 35.3 Å². The molecule has 34 heavy (non-hydrogen) atoms. The molecule has 3 aromatic rings. The van der Waals surface area contributed by atoms with E-state index in [0.717, 1.165) is 47.6 Å². The Bertz CT molecular complexity index is 1240. The molecule has 3 aromatic carbocycles. The number of piperidine rings is 1. The molecule has 0 atom stereocenters. The quantitative estimate of drug-likeness (QED) is 0.422. The number of nitrogens with zero attached hydrogens (tertiary/aromatic N) is 2. The first-order chi connectivity index (χ1) is 16.6. The van der Waals surface area contributed by atoms with Crippen LogP contribution in [0.25, 0.3) is 6.08 Å². The second-order valence-electron chi connectivity index (χ2n) is 8.93. The topological polar surface area (TPSA) is 40.6 Å². The smallest absolute Gasteiger partial charge is 0.265 e. The van der Waals surface area contributed by atoms with Crippen LogP contribution in [0.4, 0.5) is 5.69 Å². The van der Waals surface area contributed by atoms with Crippen molar-refractivity contribution < 1.29 is 9.59 Å². The Balaban J connectivity index is 1.40. The first-order valence-electron chi connectivity index (χ1n) is 11.8. The van der Waals surface area contributed by atoms with Crippen LogP contribution in [0.5, 0.6) is 0 Å².